The lowest BCUT2D eigenvalue weighted by Crippen LogP contribution is -2.12. The Morgan fingerprint density at radius 3 is 2.52 bits per heavy atom. The largest absolute Gasteiger partial charge is 0.277 e. The van der Waals surface area contributed by atoms with Gasteiger partial charge in [0.1, 0.15) is 0 Å². The highest BCUT2D eigenvalue weighted by Gasteiger charge is 2.32. The number of aromatic nitrogens is 3. The lowest BCUT2D eigenvalue weighted by molar-refractivity contribution is 0.617. The van der Waals surface area contributed by atoms with Gasteiger partial charge in [0.05, 0.1) is 11.4 Å². The van der Waals surface area contributed by atoms with E-state index in [1.807, 2.05) is 24.5 Å². The van der Waals surface area contributed by atoms with Gasteiger partial charge in [-0.2, -0.15) is 5.10 Å². The first-order valence-electron chi connectivity index (χ1n) is 7.35. The van der Waals surface area contributed by atoms with Crippen LogP contribution in [0.4, 0.5) is 0 Å². The van der Waals surface area contributed by atoms with Gasteiger partial charge in [-0.1, -0.05) is 38.1 Å². The Kier molecular flexibility index (Phi) is 2.67. The van der Waals surface area contributed by atoms with E-state index in [0.29, 0.717) is 11.8 Å². The Balaban J connectivity index is 1.98. The normalized spacial score (nSPS) is 19.9. The summed E-state index contributed by atoms with van der Waals surface area (Å²) in [7, 11) is 0. The minimum absolute atomic E-state index is 0.441. The summed E-state index contributed by atoms with van der Waals surface area (Å²) in [6.45, 7) is 4.59. The number of hydrogen-bond acceptors (Lipinski definition) is 2. The molecular weight excluding hydrogens is 258 g/mol. The molecular formula is C18H17N3. The Morgan fingerprint density at radius 1 is 0.952 bits per heavy atom. The van der Waals surface area contributed by atoms with E-state index in [4.69, 9.17) is 0 Å². The molecule has 0 bridgehead atoms. The fraction of sp³-hybridized carbons (Fsp3) is 0.222. The SMILES string of the molecule is CC1c2ccccc2-c2n[nH]c(-c3ccncc3)c2C1C. The van der Waals surface area contributed by atoms with E-state index < -0.39 is 0 Å². The quantitative estimate of drug-likeness (QED) is 0.717. The van der Waals surface area contributed by atoms with E-state index in [1.54, 1.807) is 0 Å². The molecule has 4 rings (SSSR count). The molecule has 0 fully saturated rings. The Hall–Kier alpha value is -2.42. The average molecular weight is 275 g/mol. The van der Waals surface area contributed by atoms with Gasteiger partial charge in [0, 0.05) is 29.1 Å². The summed E-state index contributed by atoms with van der Waals surface area (Å²) in [4.78, 5) is 4.10. The molecule has 1 aliphatic carbocycles. The second-order valence-electron chi connectivity index (χ2n) is 5.76. The van der Waals surface area contributed by atoms with Gasteiger partial charge in [0.25, 0.3) is 0 Å². The minimum Gasteiger partial charge on any atom is -0.277 e. The summed E-state index contributed by atoms with van der Waals surface area (Å²) >= 11 is 0. The molecule has 3 aromatic rings. The van der Waals surface area contributed by atoms with Crippen molar-refractivity contribution in [1.29, 1.82) is 0 Å². The first-order valence-corrected chi connectivity index (χ1v) is 7.35. The third-order valence-corrected chi connectivity index (χ3v) is 4.68. The molecule has 3 heteroatoms. The van der Waals surface area contributed by atoms with Crippen LogP contribution < -0.4 is 0 Å². The number of pyridine rings is 1. The van der Waals surface area contributed by atoms with Gasteiger partial charge in [-0.15, -0.1) is 0 Å². The van der Waals surface area contributed by atoms with Gasteiger partial charge in [-0.3, -0.25) is 10.1 Å². The predicted molar refractivity (Wildman–Crippen MR) is 84.1 cm³/mol. The van der Waals surface area contributed by atoms with Gasteiger partial charge in [0.15, 0.2) is 0 Å². The number of hydrogen-bond donors (Lipinski definition) is 1. The summed E-state index contributed by atoms with van der Waals surface area (Å²) in [6, 6.07) is 12.7. The summed E-state index contributed by atoms with van der Waals surface area (Å²) in [5, 5.41) is 7.86. The van der Waals surface area contributed by atoms with Crippen molar-refractivity contribution in [3.63, 3.8) is 0 Å². The van der Waals surface area contributed by atoms with Crippen molar-refractivity contribution in [2.45, 2.75) is 25.7 Å². The number of H-pyrrole nitrogens is 1. The monoisotopic (exact) mass is 275 g/mol. The molecule has 0 saturated carbocycles. The van der Waals surface area contributed by atoms with Crippen LogP contribution in [-0.2, 0) is 0 Å². The van der Waals surface area contributed by atoms with Crippen LogP contribution in [0.1, 0.15) is 36.8 Å². The van der Waals surface area contributed by atoms with Gasteiger partial charge in [0.2, 0.25) is 0 Å². The molecule has 0 amide bonds. The number of rotatable bonds is 1. The maximum Gasteiger partial charge on any atom is 0.0965 e. The van der Waals surface area contributed by atoms with Gasteiger partial charge in [-0.05, 0) is 29.5 Å². The van der Waals surface area contributed by atoms with E-state index in [2.05, 4.69) is 53.3 Å². The van der Waals surface area contributed by atoms with Crippen LogP contribution in [0.3, 0.4) is 0 Å². The molecule has 1 N–H and O–H groups in total. The van der Waals surface area contributed by atoms with Gasteiger partial charge < -0.3 is 0 Å². The summed E-state index contributed by atoms with van der Waals surface area (Å²) in [5.74, 6) is 0.934. The number of aromatic amines is 1. The smallest absolute Gasteiger partial charge is 0.0965 e. The topological polar surface area (TPSA) is 41.6 Å². The molecule has 2 atom stereocenters. The maximum absolute atomic E-state index is 4.61. The zero-order valence-corrected chi connectivity index (χ0v) is 12.2. The van der Waals surface area contributed by atoms with Crippen molar-refractivity contribution in [2.75, 3.05) is 0 Å². The first-order chi connectivity index (χ1) is 10.3. The Labute approximate surface area is 124 Å². The molecule has 1 aromatic carbocycles. The highest BCUT2D eigenvalue weighted by molar-refractivity contribution is 5.79. The van der Waals surface area contributed by atoms with Crippen LogP contribution >= 0.6 is 0 Å². The van der Waals surface area contributed by atoms with Crippen LogP contribution in [0.25, 0.3) is 22.5 Å². The molecule has 21 heavy (non-hydrogen) atoms. The zero-order chi connectivity index (χ0) is 14.4. The highest BCUT2D eigenvalue weighted by atomic mass is 15.1. The molecule has 1 aliphatic rings. The third kappa shape index (κ3) is 1.74. The van der Waals surface area contributed by atoms with Crippen molar-refractivity contribution in [3.8, 4) is 22.5 Å². The third-order valence-electron chi connectivity index (χ3n) is 4.68. The van der Waals surface area contributed by atoms with Crippen LogP contribution in [-0.4, -0.2) is 15.2 Å². The lowest BCUT2D eigenvalue weighted by Gasteiger charge is -2.28. The van der Waals surface area contributed by atoms with E-state index >= 15 is 0 Å². The first kappa shape index (κ1) is 12.3. The number of nitrogens with zero attached hydrogens (tertiary/aromatic N) is 2. The van der Waals surface area contributed by atoms with Crippen molar-refractivity contribution in [1.82, 2.24) is 15.2 Å². The van der Waals surface area contributed by atoms with Crippen molar-refractivity contribution < 1.29 is 0 Å². The fourth-order valence-corrected chi connectivity index (χ4v) is 3.37. The number of fused-ring (bicyclic) bond motifs is 3. The standard InChI is InChI=1S/C18H17N3/c1-11-12(2)16-17(13-7-9-19-10-8-13)20-21-18(16)15-6-4-3-5-14(11)15/h3-12H,1-2H3,(H,20,21). The highest BCUT2D eigenvalue weighted by Crippen LogP contribution is 2.48. The molecule has 2 heterocycles. The van der Waals surface area contributed by atoms with Gasteiger partial charge >= 0.3 is 0 Å². The molecule has 0 aliphatic heterocycles. The van der Waals surface area contributed by atoms with E-state index in [9.17, 15) is 0 Å². The van der Waals surface area contributed by atoms with Gasteiger partial charge in [-0.25, -0.2) is 0 Å². The molecule has 0 spiro atoms. The van der Waals surface area contributed by atoms with Crippen molar-refractivity contribution >= 4 is 0 Å². The molecule has 104 valence electrons. The maximum atomic E-state index is 4.61. The van der Waals surface area contributed by atoms with Crippen LogP contribution in [0.2, 0.25) is 0 Å². The molecule has 3 nitrogen and oxygen atoms in total. The Morgan fingerprint density at radius 2 is 1.71 bits per heavy atom. The van der Waals surface area contributed by atoms with Crippen molar-refractivity contribution in [3.05, 3.63) is 59.9 Å². The van der Waals surface area contributed by atoms with E-state index in [-0.39, 0.29) is 0 Å². The number of nitrogens with one attached hydrogen (secondary N) is 1. The van der Waals surface area contributed by atoms with E-state index in [1.165, 1.54) is 16.7 Å². The molecule has 0 saturated heterocycles. The fourth-order valence-electron chi connectivity index (χ4n) is 3.37. The second kappa shape index (κ2) is 4.55. The zero-order valence-electron chi connectivity index (χ0n) is 12.2. The minimum atomic E-state index is 0.441. The lowest BCUT2D eigenvalue weighted by atomic mass is 9.74. The Bertz CT molecular complexity index is 776. The van der Waals surface area contributed by atoms with Crippen molar-refractivity contribution in [2.24, 2.45) is 0 Å². The molecule has 0 radical (unpaired) electrons. The summed E-state index contributed by atoms with van der Waals surface area (Å²) in [6.07, 6.45) is 3.65. The van der Waals surface area contributed by atoms with Crippen LogP contribution in [0, 0.1) is 0 Å². The second-order valence-corrected chi connectivity index (χ2v) is 5.76. The number of benzene rings is 1. The van der Waals surface area contributed by atoms with Crippen LogP contribution in [0.5, 0.6) is 0 Å². The average Bonchev–Trinajstić information content (AvgIpc) is 2.99. The van der Waals surface area contributed by atoms with Crippen LogP contribution in [0.15, 0.2) is 48.8 Å². The summed E-state index contributed by atoms with van der Waals surface area (Å²) < 4.78 is 0. The predicted octanol–water partition coefficient (Wildman–Crippen LogP) is 4.36. The molecule has 2 aromatic heterocycles. The van der Waals surface area contributed by atoms with E-state index in [0.717, 1.165) is 17.0 Å². The molecule has 2 unspecified atom stereocenters. The summed E-state index contributed by atoms with van der Waals surface area (Å²) in [5.41, 5.74) is 7.36.